The molecule has 1 N–H and O–H groups in total. The number of rotatable bonds is 11. The van der Waals surface area contributed by atoms with E-state index >= 15 is 0 Å². The van der Waals surface area contributed by atoms with E-state index in [1.54, 1.807) is 12.0 Å². The summed E-state index contributed by atoms with van der Waals surface area (Å²) in [6, 6.07) is 15.7. The first-order chi connectivity index (χ1) is 16.1. The van der Waals surface area contributed by atoms with Gasteiger partial charge in [-0.15, -0.1) is 0 Å². The van der Waals surface area contributed by atoms with Gasteiger partial charge in [0.05, 0.1) is 7.11 Å². The first-order valence-corrected chi connectivity index (χ1v) is 12.4. The summed E-state index contributed by atoms with van der Waals surface area (Å²) in [6.07, 6.45) is 2.41. The molecule has 186 valence electrons. The number of methoxy groups -OCH3 is 1. The van der Waals surface area contributed by atoms with E-state index in [-0.39, 0.29) is 23.3 Å². The number of carbonyl (C=O) groups is 2. The van der Waals surface area contributed by atoms with Crippen LogP contribution in [-0.4, -0.2) is 35.9 Å². The van der Waals surface area contributed by atoms with Gasteiger partial charge in [0.1, 0.15) is 11.8 Å². The summed E-state index contributed by atoms with van der Waals surface area (Å²) in [7, 11) is 1.63. The molecule has 0 radical (unpaired) electrons. The van der Waals surface area contributed by atoms with Crippen LogP contribution in [0.1, 0.15) is 77.5 Å². The Hall–Kier alpha value is -2.82. The molecule has 34 heavy (non-hydrogen) atoms. The third kappa shape index (κ3) is 7.89. The van der Waals surface area contributed by atoms with E-state index in [1.807, 2.05) is 45.0 Å². The van der Waals surface area contributed by atoms with Gasteiger partial charge in [0.15, 0.2) is 0 Å². The molecule has 0 aromatic heterocycles. The quantitative estimate of drug-likeness (QED) is 0.466. The second-order valence-corrected chi connectivity index (χ2v) is 10.1. The van der Waals surface area contributed by atoms with Crippen molar-refractivity contribution in [3.05, 3.63) is 65.2 Å². The Morgan fingerprint density at radius 3 is 2.03 bits per heavy atom. The number of carbonyl (C=O) groups excluding carboxylic acids is 2. The Bertz CT molecular complexity index is 914. The maximum Gasteiger partial charge on any atom is 0.243 e. The van der Waals surface area contributed by atoms with Gasteiger partial charge in [-0.05, 0) is 60.4 Å². The van der Waals surface area contributed by atoms with Crippen molar-refractivity contribution in [2.24, 2.45) is 0 Å². The zero-order valence-corrected chi connectivity index (χ0v) is 22.0. The topological polar surface area (TPSA) is 58.6 Å². The summed E-state index contributed by atoms with van der Waals surface area (Å²) < 4.78 is 5.26. The van der Waals surface area contributed by atoms with Crippen molar-refractivity contribution in [2.75, 3.05) is 7.11 Å². The molecule has 2 aromatic rings. The molecule has 0 aliphatic heterocycles. The molecule has 0 heterocycles. The lowest BCUT2D eigenvalue weighted by Crippen LogP contribution is -2.50. The summed E-state index contributed by atoms with van der Waals surface area (Å²) in [4.78, 5) is 28.3. The fraction of sp³-hybridized carbons (Fsp3) is 0.517. The molecule has 0 unspecified atom stereocenters. The van der Waals surface area contributed by atoms with Crippen molar-refractivity contribution in [2.45, 2.75) is 91.3 Å². The molecule has 0 bridgehead atoms. The SMILES string of the molecule is CC[C@@H](C)NC(=O)[C@@H](CC)N(Cc1ccc(OC)cc1)C(=O)CCc1ccc(C(C)(C)C)cc1. The first-order valence-electron chi connectivity index (χ1n) is 12.4. The Balaban J connectivity index is 2.20. The van der Waals surface area contributed by atoms with Gasteiger partial charge in [-0.1, -0.05) is 71.0 Å². The van der Waals surface area contributed by atoms with Crippen LogP contribution in [0, 0.1) is 0 Å². The highest BCUT2D eigenvalue weighted by molar-refractivity contribution is 5.88. The molecule has 5 heteroatoms. The summed E-state index contributed by atoms with van der Waals surface area (Å²) in [6.45, 7) is 12.9. The Morgan fingerprint density at radius 1 is 0.941 bits per heavy atom. The predicted molar refractivity (Wildman–Crippen MR) is 139 cm³/mol. The predicted octanol–water partition coefficient (Wildman–Crippen LogP) is 5.65. The van der Waals surface area contributed by atoms with Gasteiger partial charge < -0.3 is 15.0 Å². The van der Waals surface area contributed by atoms with Gasteiger partial charge in [-0.2, -0.15) is 0 Å². The molecule has 0 fully saturated rings. The number of ether oxygens (including phenoxy) is 1. The third-order valence-electron chi connectivity index (χ3n) is 6.35. The van der Waals surface area contributed by atoms with Gasteiger partial charge in [0, 0.05) is 19.0 Å². The molecule has 2 rings (SSSR count). The van der Waals surface area contributed by atoms with Gasteiger partial charge in [0.25, 0.3) is 0 Å². The van der Waals surface area contributed by atoms with Crippen molar-refractivity contribution in [1.29, 1.82) is 0 Å². The van der Waals surface area contributed by atoms with Gasteiger partial charge in [-0.3, -0.25) is 9.59 Å². The molecule has 0 spiro atoms. The minimum absolute atomic E-state index is 0.0122. The number of hydrogen-bond acceptors (Lipinski definition) is 3. The molecule has 5 nitrogen and oxygen atoms in total. The van der Waals surface area contributed by atoms with Crippen LogP contribution in [0.5, 0.6) is 5.75 Å². The van der Waals surface area contributed by atoms with Crippen LogP contribution in [0.2, 0.25) is 0 Å². The monoisotopic (exact) mass is 466 g/mol. The lowest BCUT2D eigenvalue weighted by atomic mass is 9.86. The molecule has 0 aliphatic carbocycles. The van der Waals surface area contributed by atoms with Gasteiger partial charge in [-0.25, -0.2) is 0 Å². The molecule has 0 saturated carbocycles. The van der Waals surface area contributed by atoms with Crippen LogP contribution >= 0.6 is 0 Å². The van der Waals surface area contributed by atoms with Crippen LogP contribution < -0.4 is 10.1 Å². The van der Waals surface area contributed by atoms with Crippen LogP contribution in [-0.2, 0) is 28.0 Å². The highest BCUT2D eigenvalue weighted by atomic mass is 16.5. The fourth-order valence-corrected chi connectivity index (χ4v) is 3.85. The van der Waals surface area contributed by atoms with Crippen molar-refractivity contribution < 1.29 is 14.3 Å². The Kier molecular flexibility index (Phi) is 10.2. The number of amides is 2. The highest BCUT2D eigenvalue weighted by Gasteiger charge is 2.29. The number of hydrogen-bond donors (Lipinski definition) is 1. The summed E-state index contributed by atoms with van der Waals surface area (Å²) in [5.41, 5.74) is 3.47. The lowest BCUT2D eigenvalue weighted by Gasteiger charge is -2.31. The van der Waals surface area contributed by atoms with E-state index in [0.717, 1.165) is 23.3 Å². The lowest BCUT2D eigenvalue weighted by molar-refractivity contribution is -0.141. The zero-order chi connectivity index (χ0) is 25.3. The maximum absolute atomic E-state index is 13.5. The van der Waals surface area contributed by atoms with E-state index in [2.05, 4.69) is 50.4 Å². The number of aryl methyl sites for hydroxylation is 1. The van der Waals surface area contributed by atoms with E-state index in [0.29, 0.717) is 25.8 Å². The second kappa shape index (κ2) is 12.6. The largest absolute Gasteiger partial charge is 0.497 e. The molecular weight excluding hydrogens is 424 g/mol. The Morgan fingerprint density at radius 2 is 1.53 bits per heavy atom. The molecule has 2 atom stereocenters. The molecule has 2 amide bonds. The minimum atomic E-state index is -0.508. The minimum Gasteiger partial charge on any atom is -0.497 e. The standard InChI is InChI=1S/C29H42N2O3/c1-8-21(3)30-28(33)26(9-2)31(20-23-12-17-25(34-7)18-13-23)27(32)19-14-22-10-15-24(16-11-22)29(4,5)6/h10-13,15-18,21,26H,8-9,14,19-20H2,1-7H3,(H,30,33)/t21-,26-/m1/s1. The summed E-state index contributed by atoms with van der Waals surface area (Å²) >= 11 is 0. The van der Waals surface area contributed by atoms with Crippen LogP contribution in [0.25, 0.3) is 0 Å². The number of nitrogens with one attached hydrogen (secondary N) is 1. The average molecular weight is 467 g/mol. The normalized spacial score (nSPS) is 13.1. The summed E-state index contributed by atoms with van der Waals surface area (Å²) in [5, 5.41) is 3.06. The van der Waals surface area contributed by atoms with Gasteiger partial charge in [0.2, 0.25) is 11.8 Å². The van der Waals surface area contributed by atoms with E-state index in [1.165, 1.54) is 5.56 Å². The number of nitrogens with zero attached hydrogens (tertiary/aromatic N) is 1. The highest BCUT2D eigenvalue weighted by Crippen LogP contribution is 2.23. The second-order valence-electron chi connectivity index (χ2n) is 10.1. The van der Waals surface area contributed by atoms with Crippen LogP contribution in [0.15, 0.2) is 48.5 Å². The van der Waals surface area contributed by atoms with Crippen LogP contribution in [0.4, 0.5) is 0 Å². The fourth-order valence-electron chi connectivity index (χ4n) is 3.85. The molecule has 0 saturated heterocycles. The summed E-state index contributed by atoms with van der Waals surface area (Å²) in [5.74, 6) is 0.664. The average Bonchev–Trinajstić information content (AvgIpc) is 2.82. The number of benzene rings is 2. The molecular formula is C29H42N2O3. The zero-order valence-electron chi connectivity index (χ0n) is 22.0. The van der Waals surface area contributed by atoms with Crippen molar-refractivity contribution in [3.63, 3.8) is 0 Å². The third-order valence-corrected chi connectivity index (χ3v) is 6.35. The van der Waals surface area contributed by atoms with Crippen molar-refractivity contribution in [1.82, 2.24) is 10.2 Å². The van der Waals surface area contributed by atoms with E-state index in [9.17, 15) is 9.59 Å². The Labute approximate surface area is 205 Å². The van der Waals surface area contributed by atoms with E-state index in [4.69, 9.17) is 4.74 Å². The first kappa shape index (κ1) is 27.4. The molecule has 2 aromatic carbocycles. The molecule has 0 aliphatic rings. The smallest absolute Gasteiger partial charge is 0.243 e. The van der Waals surface area contributed by atoms with Crippen LogP contribution in [0.3, 0.4) is 0 Å². The van der Waals surface area contributed by atoms with E-state index < -0.39 is 6.04 Å². The maximum atomic E-state index is 13.5. The van der Waals surface area contributed by atoms with Crippen molar-refractivity contribution >= 4 is 11.8 Å². The van der Waals surface area contributed by atoms with Gasteiger partial charge >= 0.3 is 0 Å². The van der Waals surface area contributed by atoms with Crippen molar-refractivity contribution in [3.8, 4) is 5.75 Å².